The maximum Gasteiger partial charge on any atom is 0.330 e. The molecule has 1 aliphatic rings. The summed E-state index contributed by atoms with van der Waals surface area (Å²) in [5.41, 5.74) is -0.967. The molecule has 0 aromatic carbocycles. The fourth-order valence-corrected chi connectivity index (χ4v) is 5.57. The Bertz CT molecular complexity index is 862. The van der Waals surface area contributed by atoms with Crippen molar-refractivity contribution in [3.63, 3.8) is 0 Å². The highest BCUT2D eigenvalue weighted by Crippen LogP contribution is 2.49. The number of nitrogens with zero attached hydrogens (tertiary/aromatic N) is 3. The molecule has 1 fully saturated rings. The lowest BCUT2D eigenvalue weighted by molar-refractivity contribution is -0.0527. The van der Waals surface area contributed by atoms with Gasteiger partial charge in [0.2, 0.25) is 0 Å². The number of methoxy groups -OCH3 is 1. The molecule has 0 radical (unpaired) electrons. The third kappa shape index (κ3) is 7.05. The monoisotopic (exact) mass is 568 g/mol. The minimum atomic E-state index is -1.47. The molecule has 1 saturated heterocycles. The molecule has 4 unspecified atom stereocenters. The van der Waals surface area contributed by atoms with Gasteiger partial charge >= 0.3 is 5.69 Å². The van der Waals surface area contributed by atoms with Crippen molar-refractivity contribution in [1.29, 1.82) is 5.26 Å². The van der Waals surface area contributed by atoms with Gasteiger partial charge in [-0.2, -0.15) is 5.26 Å². The standard InChI is InChI=1S/C19H30IN4O6P/c1-12(2)24(13(3)4)31(28-8-6-7-21)30-15-9-17(29-16(15)11-27-5)23-10-14(20)18(25)22-19(23)26/h10,12-13,15-17H,6,8-9,11H2,1-5H3,(H,22,25,26). The first-order valence-corrected chi connectivity index (χ1v) is 12.3. The van der Waals surface area contributed by atoms with E-state index in [0.29, 0.717) is 9.99 Å². The second-order valence-electron chi connectivity index (χ2n) is 7.65. The van der Waals surface area contributed by atoms with Gasteiger partial charge in [-0.3, -0.25) is 14.3 Å². The molecule has 1 N–H and O–H groups in total. The topological polar surface area (TPSA) is 119 Å². The maximum atomic E-state index is 12.3. The van der Waals surface area contributed by atoms with E-state index in [1.807, 2.05) is 22.6 Å². The second kappa shape index (κ2) is 12.4. The predicted octanol–water partition coefficient (Wildman–Crippen LogP) is 2.74. The van der Waals surface area contributed by atoms with Crippen LogP contribution in [0.25, 0.3) is 0 Å². The molecule has 2 rings (SSSR count). The highest BCUT2D eigenvalue weighted by molar-refractivity contribution is 14.1. The predicted molar refractivity (Wildman–Crippen MR) is 125 cm³/mol. The van der Waals surface area contributed by atoms with E-state index in [1.165, 1.54) is 10.8 Å². The number of hydrogen-bond donors (Lipinski definition) is 1. The summed E-state index contributed by atoms with van der Waals surface area (Å²) in [6.45, 7) is 8.80. The van der Waals surface area contributed by atoms with Gasteiger partial charge in [-0.15, -0.1) is 0 Å². The number of rotatable bonds is 11. The first kappa shape index (κ1) is 26.4. The van der Waals surface area contributed by atoms with Crippen LogP contribution in [0.2, 0.25) is 0 Å². The molecule has 4 atom stereocenters. The minimum Gasteiger partial charge on any atom is -0.382 e. The molecular formula is C19H30IN4O6P. The minimum absolute atomic E-state index is 0.163. The summed E-state index contributed by atoms with van der Waals surface area (Å²) in [7, 11) is 0.103. The summed E-state index contributed by atoms with van der Waals surface area (Å²) < 4.78 is 27.7. The van der Waals surface area contributed by atoms with E-state index in [0.717, 1.165) is 0 Å². The average molecular weight is 568 g/mol. The Morgan fingerprint density at radius 3 is 2.65 bits per heavy atom. The number of aromatic nitrogens is 2. The van der Waals surface area contributed by atoms with Gasteiger partial charge in [-0.1, -0.05) is 0 Å². The Labute approximate surface area is 196 Å². The number of hydrogen-bond acceptors (Lipinski definition) is 8. The van der Waals surface area contributed by atoms with Gasteiger partial charge < -0.3 is 18.5 Å². The van der Waals surface area contributed by atoms with E-state index < -0.39 is 38.2 Å². The summed E-state index contributed by atoms with van der Waals surface area (Å²) in [6.07, 6.45) is 0.722. The lowest BCUT2D eigenvalue weighted by Crippen LogP contribution is -2.36. The van der Waals surface area contributed by atoms with Crippen molar-refractivity contribution >= 4 is 31.1 Å². The molecule has 2 heterocycles. The normalized spacial score (nSPS) is 22.4. The van der Waals surface area contributed by atoms with Crippen LogP contribution in [0.1, 0.15) is 46.8 Å². The Hall–Kier alpha value is -0.870. The molecule has 0 saturated carbocycles. The number of nitriles is 1. The van der Waals surface area contributed by atoms with Gasteiger partial charge in [0, 0.05) is 31.8 Å². The van der Waals surface area contributed by atoms with E-state index in [-0.39, 0.29) is 31.7 Å². The van der Waals surface area contributed by atoms with Crippen molar-refractivity contribution in [2.24, 2.45) is 0 Å². The molecule has 0 spiro atoms. The first-order chi connectivity index (χ1) is 14.7. The molecule has 0 amide bonds. The molecule has 10 nitrogen and oxygen atoms in total. The quantitative estimate of drug-likeness (QED) is 0.246. The third-order valence-corrected chi connectivity index (χ3v) is 7.56. The van der Waals surface area contributed by atoms with Gasteiger partial charge in [0.15, 0.2) is 0 Å². The number of ether oxygens (including phenoxy) is 2. The van der Waals surface area contributed by atoms with Crippen LogP contribution in [0.4, 0.5) is 0 Å². The van der Waals surface area contributed by atoms with Gasteiger partial charge in [-0.25, -0.2) is 9.46 Å². The van der Waals surface area contributed by atoms with Crippen LogP contribution in [0.15, 0.2) is 15.8 Å². The number of halogens is 1. The first-order valence-electron chi connectivity index (χ1n) is 10.1. The largest absolute Gasteiger partial charge is 0.382 e. The summed E-state index contributed by atoms with van der Waals surface area (Å²) in [6, 6.07) is 2.41. The van der Waals surface area contributed by atoms with Crippen molar-refractivity contribution < 1.29 is 18.5 Å². The van der Waals surface area contributed by atoms with Crippen LogP contribution in [0.3, 0.4) is 0 Å². The van der Waals surface area contributed by atoms with Crippen molar-refractivity contribution in [2.75, 3.05) is 20.3 Å². The van der Waals surface area contributed by atoms with Crippen molar-refractivity contribution in [3.05, 3.63) is 30.6 Å². The van der Waals surface area contributed by atoms with E-state index in [4.69, 9.17) is 23.8 Å². The fraction of sp³-hybridized carbons (Fsp3) is 0.737. The lowest BCUT2D eigenvalue weighted by Gasteiger charge is -2.37. The Morgan fingerprint density at radius 1 is 1.39 bits per heavy atom. The summed E-state index contributed by atoms with van der Waals surface area (Å²) in [4.78, 5) is 26.3. The van der Waals surface area contributed by atoms with Gasteiger partial charge in [0.05, 0.1) is 35.4 Å². The van der Waals surface area contributed by atoms with E-state index >= 15 is 0 Å². The molecule has 1 aromatic heterocycles. The van der Waals surface area contributed by atoms with Crippen molar-refractivity contribution in [2.45, 2.75) is 71.1 Å². The van der Waals surface area contributed by atoms with Gasteiger partial charge in [0.1, 0.15) is 12.3 Å². The molecule has 0 aliphatic carbocycles. The Morgan fingerprint density at radius 2 is 2.06 bits per heavy atom. The van der Waals surface area contributed by atoms with Crippen LogP contribution < -0.4 is 11.2 Å². The van der Waals surface area contributed by atoms with Crippen LogP contribution >= 0.6 is 31.1 Å². The molecular weight excluding hydrogens is 538 g/mol. The van der Waals surface area contributed by atoms with E-state index in [9.17, 15) is 9.59 Å². The summed E-state index contributed by atoms with van der Waals surface area (Å²) in [5.74, 6) is 0. The fourth-order valence-electron chi connectivity index (χ4n) is 3.38. The average Bonchev–Trinajstić information content (AvgIpc) is 3.06. The van der Waals surface area contributed by atoms with Crippen LogP contribution in [-0.4, -0.2) is 58.8 Å². The highest BCUT2D eigenvalue weighted by atomic mass is 127. The summed E-state index contributed by atoms with van der Waals surface area (Å²) in [5, 5.41) is 8.89. The van der Waals surface area contributed by atoms with Gasteiger partial charge in [0.25, 0.3) is 14.1 Å². The Balaban J connectivity index is 2.27. The number of H-pyrrole nitrogens is 1. The van der Waals surface area contributed by atoms with Crippen LogP contribution in [0.5, 0.6) is 0 Å². The van der Waals surface area contributed by atoms with E-state index in [2.05, 4.69) is 43.4 Å². The molecule has 31 heavy (non-hydrogen) atoms. The molecule has 1 aromatic rings. The third-order valence-electron chi connectivity index (χ3n) is 4.63. The zero-order valence-electron chi connectivity index (χ0n) is 18.4. The molecule has 12 heteroatoms. The molecule has 174 valence electrons. The van der Waals surface area contributed by atoms with Crippen LogP contribution in [0, 0.1) is 14.9 Å². The highest BCUT2D eigenvalue weighted by Gasteiger charge is 2.41. The van der Waals surface area contributed by atoms with Crippen LogP contribution in [-0.2, 0) is 18.5 Å². The maximum absolute atomic E-state index is 12.3. The zero-order valence-corrected chi connectivity index (χ0v) is 21.5. The van der Waals surface area contributed by atoms with Crippen molar-refractivity contribution in [3.8, 4) is 6.07 Å². The Kier molecular flexibility index (Phi) is 10.5. The SMILES string of the molecule is COCC1OC(n2cc(I)c(=O)[nH]c2=O)CC1OP(OCCC#N)N(C(C)C)C(C)C. The summed E-state index contributed by atoms with van der Waals surface area (Å²) >= 11 is 1.88. The van der Waals surface area contributed by atoms with Crippen molar-refractivity contribution in [1.82, 2.24) is 14.2 Å². The number of nitrogens with one attached hydrogen (secondary N) is 1. The smallest absolute Gasteiger partial charge is 0.330 e. The zero-order chi connectivity index (χ0) is 23.1. The molecule has 1 aliphatic heterocycles. The lowest BCUT2D eigenvalue weighted by atomic mass is 10.2. The molecule has 0 bridgehead atoms. The number of aromatic amines is 1. The second-order valence-corrected chi connectivity index (χ2v) is 10.2. The van der Waals surface area contributed by atoms with Gasteiger partial charge in [-0.05, 0) is 50.3 Å². The van der Waals surface area contributed by atoms with E-state index in [1.54, 1.807) is 7.11 Å².